The Bertz CT molecular complexity index is 640. The second kappa shape index (κ2) is 6.02. The zero-order valence-corrected chi connectivity index (χ0v) is 13.3. The number of halogens is 1. The van der Waals surface area contributed by atoms with E-state index in [0.29, 0.717) is 11.8 Å². The molecular weight excluding hydrogens is 282 g/mol. The normalized spacial score (nSPS) is 14.4. The first-order chi connectivity index (χ1) is 10.2. The summed E-state index contributed by atoms with van der Waals surface area (Å²) in [6.07, 6.45) is 3.00. The Morgan fingerprint density at radius 2 is 2.00 bits per heavy atom. The van der Waals surface area contributed by atoms with Gasteiger partial charge in [-0.1, -0.05) is 38.1 Å². The van der Waals surface area contributed by atoms with Crippen LogP contribution in [0.3, 0.4) is 0 Å². The van der Waals surface area contributed by atoms with Crippen LogP contribution < -0.4 is 4.90 Å². The fraction of sp³-hybridized carbons (Fsp3) is 0.412. The molecule has 0 saturated carbocycles. The van der Waals surface area contributed by atoms with Crippen LogP contribution in [0.4, 0.5) is 5.69 Å². The monoisotopic (exact) mass is 301 g/mol. The maximum Gasteiger partial charge on any atom is 0.131 e. The van der Waals surface area contributed by atoms with Gasteiger partial charge in [0.1, 0.15) is 5.82 Å². The van der Waals surface area contributed by atoms with Crippen molar-refractivity contribution < 1.29 is 0 Å². The maximum absolute atomic E-state index is 6.11. The number of hydrogen-bond acceptors (Lipinski definition) is 3. The van der Waals surface area contributed by atoms with E-state index in [4.69, 9.17) is 11.6 Å². The molecule has 2 aromatic rings. The molecule has 21 heavy (non-hydrogen) atoms. The molecule has 0 atom stereocenters. The summed E-state index contributed by atoms with van der Waals surface area (Å²) in [5.74, 6) is 1.62. The van der Waals surface area contributed by atoms with Crippen molar-refractivity contribution in [3.05, 3.63) is 53.1 Å². The number of nitrogens with zero attached hydrogens (tertiary/aromatic N) is 3. The summed E-state index contributed by atoms with van der Waals surface area (Å²) >= 11 is 6.11. The van der Waals surface area contributed by atoms with Crippen molar-refractivity contribution in [3.8, 4) is 0 Å². The zero-order valence-electron chi connectivity index (χ0n) is 12.5. The van der Waals surface area contributed by atoms with E-state index in [0.717, 1.165) is 36.7 Å². The average molecular weight is 302 g/mol. The highest BCUT2D eigenvalue weighted by molar-refractivity contribution is 6.17. The van der Waals surface area contributed by atoms with Gasteiger partial charge >= 0.3 is 0 Å². The van der Waals surface area contributed by atoms with Gasteiger partial charge in [0.25, 0.3) is 0 Å². The minimum absolute atomic E-state index is 0.322. The van der Waals surface area contributed by atoms with Gasteiger partial charge in [-0.15, -0.1) is 11.6 Å². The Morgan fingerprint density at radius 1 is 1.24 bits per heavy atom. The number of benzene rings is 1. The van der Waals surface area contributed by atoms with Gasteiger partial charge in [0.15, 0.2) is 0 Å². The molecule has 0 unspecified atom stereocenters. The predicted octanol–water partition coefficient (Wildman–Crippen LogP) is 3.90. The van der Waals surface area contributed by atoms with Crippen LogP contribution in [-0.2, 0) is 18.8 Å². The van der Waals surface area contributed by atoms with Gasteiger partial charge in [0.2, 0.25) is 0 Å². The summed E-state index contributed by atoms with van der Waals surface area (Å²) < 4.78 is 0. The summed E-state index contributed by atoms with van der Waals surface area (Å²) in [7, 11) is 0. The lowest BCUT2D eigenvalue weighted by molar-refractivity contribution is 0.711. The average Bonchev–Trinajstić information content (AvgIpc) is 2.53. The van der Waals surface area contributed by atoms with Crippen molar-refractivity contribution in [1.29, 1.82) is 0 Å². The summed E-state index contributed by atoms with van der Waals surface area (Å²) in [5.41, 5.74) is 4.84. The molecule has 2 heterocycles. The fourth-order valence-electron chi connectivity index (χ4n) is 2.77. The van der Waals surface area contributed by atoms with Crippen LogP contribution in [0.1, 0.15) is 42.4 Å². The highest BCUT2D eigenvalue weighted by Gasteiger charge is 2.20. The van der Waals surface area contributed by atoms with Crippen molar-refractivity contribution in [2.24, 2.45) is 0 Å². The number of aromatic nitrogens is 2. The number of anilines is 1. The summed E-state index contributed by atoms with van der Waals surface area (Å²) in [4.78, 5) is 11.5. The zero-order chi connectivity index (χ0) is 14.8. The lowest BCUT2D eigenvalue weighted by Gasteiger charge is -2.31. The minimum atomic E-state index is 0.322. The van der Waals surface area contributed by atoms with Gasteiger partial charge in [0, 0.05) is 19.0 Å². The molecular formula is C17H20ClN3. The number of hydrogen-bond donors (Lipinski definition) is 0. The Balaban J connectivity index is 1.91. The number of rotatable bonds is 3. The molecule has 4 heteroatoms. The van der Waals surface area contributed by atoms with Crippen molar-refractivity contribution in [2.75, 3.05) is 11.4 Å². The molecule has 110 valence electrons. The highest BCUT2D eigenvalue weighted by Crippen LogP contribution is 2.27. The van der Waals surface area contributed by atoms with E-state index in [-0.39, 0.29) is 0 Å². The Labute approximate surface area is 131 Å². The van der Waals surface area contributed by atoms with Crippen LogP contribution in [0, 0.1) is 0 Å². The van der Waals surface area contributed by atoms with Crippen molar-refractivity contribution in [3.63, 3.8) is 0 Å². The lowest BCUT2D eigenvalue weighted by Crippen LogP contribution is -2.31. The standard InChI is InChI=1S/C17H20ClN3/c1-12(2)17-19-10-16(15(9-18)20-17)21-8-7-13-5-3-4-6-14(13)11-21/h3-6,10,12H,7-9,11H2,1-2H3. The number of fused-ring (bicyclic) bond motifs is 1. The van der Waals surface area contributed by atoms with Gasteiger partial charge in [-0.05, 0) is 17.5 Å². The molecule has 0 N–H and O–H groups in total. The SMILES string of the molecule is CC(C)c1ncc(N2CCc3ccccc3C2)c(CCl)n1. The minimum Gasteiger partial charge on any atom is -0.364 e. The molecule has 3 nitrogen and oxygen atoms in total. The second-order valence-electron chi connectivity index (χ2n) is 5.79. The molecule has 0 radical (unpaired) electrons. The third-order valence-electron chi connectivity index (χ3n) is 3.98. The van der Waals surface area contributed by atoms with Crippen LogP contribution in [0.5, 0.6) is 0 Å². The maximum atomic E-state index is 6.11. The molecule has 1 aromatic heterocycles. The molecule has 0 spiro atoms. The third kappa shape index (κ3) is 2.88. The van der Waals surface area contributed by atoms with Crippen LogP contribution >= 0.6 is 11.6 Å². The molecule has 1 aliphatic rings. The van der Waals surface area contributed by atoms with E-state index in [1.54, 1.807) is 0 Å². The molecule has 1 aromatic carbocycles. The van der Waals surface area contributed by atoms with E-state index in [1.165, 1.54) is 11.1 Å². The van der Waals surface area contributed by atoms with E-state index >= 15 is 0 Å². The van der Waals surface area contributed by atoms with Crippen molar-refractivity contribution in [2.45, 2.75) is 38.6 Å². The summed E-state index contributed by atoms with van der Waals surface area (Å²) in [6, 6.07) is 8.63. The quantitative estimate of drug-likeness (QED) is 0.805. The van der Waals surface area contributed by atoms with Crippen molar-refractivity contribution >= 4 is 17.3 Å². The molecule has 0 bridgehead atoms. The van der Waals surface area contributed by atoms with E-state index in [1.807, 2.05) is 6.20 Å². The van der Waals surface area contributed by atoms with Crippen LogP contribution in [0.15, 0.2) is 30.5 Å². The Morgan fingerprint density at radius 3 is 2.71 bits per heavy atom. The van der Waals surface area contributed by atoms with Gasteiger partial charge in [0.05, 0.1) is 23.5 Å². The van der Waals surface area contributed by atoms with Gasteiger partial charge in [-0.2, -0.15) is 0 Å². The summed E-state index contributed by atoms with van der Waals surface area (Å²) in [6.45, 7) is 6.10. The second-order valence-corrected chi connectivity index (χ2v) is 6.06. The largest absolute Gasteiger partial charge is 0.364 e. The molecule has 0 saturated heterocycles. The van der Waals surface area contributed by atoms with Crippen LogP contribution in [-0.4, -0.2) is 16.5 Å². The predicted molar refractivity (Wildman–Crippen MR) is 86.9 cm³/mol. The van der Waals surface area contributed by atoms with E-state index in [2.05, 4.69) is 53.0 Å². The highest BCUT2D eigenvalue weighted by atomic mass is 35.5. The molecule has 1 aliphatic heterocycles. The van der Waals surface area contributed by atoms with Gasteiger partial charge in [-0.3, -0.25) is 0 Å². The van der Waals surface area contributed by atoms with E-state index in [9.17, 15) is 0 Å². The molecule has 0 amide bonds. The van der Waals surface area contributed by atoms with Crippen molar-refractivity contribution in [1.82, 2.24) is 9.97 Å². The van der Waals surface area contributed by atoms with Crippen LogP contribution in [0.25, 0.3) is 0 Å². The number of alkyl halides is 1. The Kier molecular flexibility index (Phi) is 4.11. The first-order valence-corrected chi connectivity index (χ1v) is 7.96. The van der Waals surface area contributed by atoms with E-state index < -0.39 is 0 Å². The molecule has 0 aliphatic carbocycles. The lowest BCUT2D eigenvalue weighted by atomic mass is 9.99. The van der Waals surface area contributed by atoms with Crippen LogP contribution in [0.2, 0.25) is 0 Å². The fourth-order valence-corrected chi connectivity index (χ4v) is 2.96. The topological polar surface area (TPSA) is 29.0 Å². The summed E-state index contributed by atoms with van der Waals surface area (Å²) in [5, 5.41) is 0. The van der Waals surface area contributed by atoms with Gasteiger partial charge in [-0.25, -0.2) is 9.97 Å². The third-order valence-corrected chi connectivity index (χ3v) is 4.23. The first kappa shape index (κ1) is 14.3. The van der Waals surface area contributed by atoms with Gasteiger partial charge < -0.3 is 4.90 Å². The molecule has 0 fully saturated rings. The molecule has 3 rings (SSSR count). The first-order valence-electron chi connectivity index (χ1n) is 7.42. The smallest absolute Gasteiger partial charge is 0.131 e. The Hall–Kier alpha value is -1.61.